The van der Waals surface area contributed by atoms with Crippen LogP contribution in [0.4, 0.5) is 0 Å². The predicted octanol–water partition coefficient (Wildman–Crippen LogP) is 3.23. The lowest BCUT2D eigenvalue weighted by Crippen LogP contribution is -2.39. The highest BCUT2D eigenvalue weighted by Crippen LogP contribution is 2.38. The van der Waals surface area contributed by atoms with Crippen LogP contribution >= 0.6 is 11.8 Å². The van der Waals surface area contributed by atoms with Gasteiger partial charge in [0.05, 0.1) is 11.6 Å². The zero-order valence-electron chi connectivity index (χ0n) is 9.48. The molecule has 3 rings (SSSR count). The molecule has 17 heavy (non-hydrogen) atoms. The van der Waals surface area contributed by atoms with Gasteiger partial charge in [-0.25, -0.2) is 0 Å². The number of fused-ring (bicyclic) bond motifs is 1. The van der Waals surface area contributed by atoms with Crippen LogP contribution in [0.1, 0.15) is 24.0 Å². The molecular weight excluding hydrogens is 230 g/mol. The summed E-state index contributed by atoms with van der Waals surface area (Å²) in [6.45, 7) is 0. The molecule has 0 amide bonds. The summed E-state index contributed by atoms with van der Waals surface area (Å²) in [6.07, 6.45) is 6.44. The van der Waals surface area contributed by atoms with E-state index < -0.39 is 0 Å². The number of thioether (sulfide) groups is 1. The first-order valence-electron chi connectivity index (χ1n) is 5.82. The number of hydrogen-bond acceptors (Lipinski definition) is 3. The average molecular weight is 243 g/mol. The molecule has 2 aliphatic rings. The molecule has 1 aromatic rings. The first kappa shape index (κ1) is 10.7. The Kier molecular flexibility index (Phi) is 2.60. The lowest BCUT2D eigenvalue weighted by molar-refractivity contribution is 0.108. The minimum absolute atomic E-state index is 0.0909. The summed E-state index contributed by atoms with van der Waals surface area (Å²) < 4.78 is 6.15. The molecule has 0 saturated carbocycles. The molecule has 1 aromatic carbocycles. The highest BCUT2D eigenvalue weighted by molar-refractivity contribution is 7.99. The quantitative estimate of drug-likeness (QED) is 0.701. The van der Waals surface area contributed by atoms with Gasteiger partial charge >= 0.3 is 0 Å². The molecule has 1 fully saturated rings. The van der Waals surface area contributed by atoms with Crippen LogP contribution < -0.4 is 4.74 Å². The maximum absolute atomic E-state index is 8.86. The summed E-state index contributed by atoms with van der Waals surface area (Å²) in [4.78, 5) is 0. The molecular formula is C14H13NOS. The third-order valence-corrected chi connectivity index (χ3v) is 4.34. The lowest BCUT2D eigenvalue weighted by atomic mass is 9.92. The van der Waals surface area contributed by atoms with E-state index in [-0.39, 0.29) is 5.60 Å². The summed E-state index contributed by atoms with van der Waals surface area (Å²) in [5, 5.41) is 8.86. The summed E-state index contributed by atoms with van der Waals surface area (Å²) in [5.74, 6) is 3.24. The van der Waals surface area contributed by atoms with Gasteiger partial charge in [0.2, 0.25) is 0 Å². The van der Waals surface area contributed by atoms with Crippen LogP contribution in [-0.4, -0.2) is 17.1 Å². The SMILES string of the molecule is N#Cc1ccc2c(c1)C=CC1(CCSCC1)O2. The Morgan fingerprint density at radius 1 is 1.29 bits per heavy atom. The summed E-state index contributed by atoms with van der Waals surface area (Å²) in [6, 6.07) is 7.78. The maximum atomic E-state index is 8.86. The molecule has 1 saturated heterocycles. The Hall–Kier alpha value is -1.40. The highest BCUT2D eigenvalue weighted by Gasteiger charge is 2.34. The van der Waals surface area contributed by atoms with Crippen molar-refractivity contribution < 1.29 is 4.74 Å². The van der Waals surface area contributed by atoms with Crippen LogP contribution in [0.25, 0.3) is 6.08 Å². The molecule has 2 nitrogen and oxygen atoms in total. The third-order valence-electron chi connectivity index (χ3n) is 3.36. The zero-order valence-corrected chi connectivity index (χ0v) is 10.3. The molecule has 0 aromatic heterocycles. The standard InChI is InChI=1S/C14H13NOS/c15-10-11-1-2-13-12(9-11)3-4-14(16-13)5-7-17-8-6-14/h1-4,9H,5-8H2. The van der Waals surface area contributed by atoms with Crippen molar-refractivity contribution in [3.8, 4) is 11.8 Å². The molecule has 2 heterocycles. The van der Waals surface area contributed by atoms with E-state index in [0.29, 0.717) is 5.56 Å². The summed E-state index contributed by atoms with van der Waals surface area (Å²) >= 11 is 1.99. The molecule has 0 N–H and O–H groups in total. The highest BCUT2D eigenvalue weighted by atomic mass is 32.2. The van der Waals surface area contributed by atoms with Crippen molar-refractivity contribution in [2.75, 3.05) is 11.5 Å². The maximum Gasteiger partial charge on any atom is 0.129 e. The van der Waals surface area contributed by atoms with Crippen LogP contribution in [0.5, 0.6) is 5.75 Å². The van der Waals surface area contributed by atoms with Gasteiger partial charge in [-0.15, -0.1) is 0 Å². The Balaban J connectivity index is 1.94. The number of ether oxygens (including phenoxy) is 1. The van der Waals surface area contributed by atoms with Gasteiger partial charge in [-0.2, -0.15) is 17.0 Å². The van der Waals surface area contributed by atoms with Gasteiger partial charge in [0.1, 0.15) is 11.4 Å². The minimum Gasteiger partial charge on any atom is -0.483 e. The van der Waals surface area contributed by atoms with Crippen molar-refractivity contribution in [1.82, 2.24) is 0 Å². The molecule has 1 spiro atoms. The first-order valence-corrected chi connectivity index (χ1v) is 6.97. The lowest BCUT2D eigenvalue weighted by Gasteiger charge is -2.37. The normalized spacial score (nSPS) is 20.4. The number of hydrogen-bond donors (Lipinski definition) is 0. The Morgan fingerprint density at radius 3 is 2.88 bits per heavy atom. The van der Waals surface area contributed by atoms with E-state index in [0.717, 1.165) is 35.7 Å². The predicted molar refractivity (Wildman–Crippen MR) is 70.1 cm³/mol. The van der Waals surface area contributed by atoms with E-state index in [1.54, 1.807) is 0 Å². The zero-order chi connectivity index (χ0) is 11.7. The number of nitrogens with zero attached hydrogens (tertiary/aromatic N) is 1. The Morgan fingerprint density at radius 2 is 2.12 bits per heavy atom. The second-order valence-electron chi connectivity index (χ2n) is 4.48. The number of rotatable bonds is 0. The van der Waals surface area contributed by atoms with Gasteiger partial charge in [-0.05, 0) is 48.6 Å². The molecule has 0 aliphatic carbocycles. The fourth-order valence-electron chi connectivity index (χ4n) is 2.32. The third kappa shape index (κ3) is 1.94. The van der Waals surface area contributed by atoms with Gasteiger partial charge in [0.15, 0.2) is 0 Å². The van der Waals surface area contributed by atoms with Gasteiger partial charge < -0.3 is 4.74 Å². The van der Waals surface area contributed by atoms with E-state index in [1.807, 2.05) is 30.0 Å². The number of nitriles is 1. The molecule has 3 heteroatoms. The van der Waals surface area contributed by atoms with Crippen LogP contribution in [0.15, 0.2) is 24.3 Å². The molecule has 0 atom stereocenters. The van der Waals surface area contributed by atoms with E-state index >= 15 is 0 Å². The molecule has 2 aliphatic heterocycles. The number of benzene rings is 1. The van der Waals surface area contributed by atoms with Crippen molar-refractivity contribution in [3.63, 3.8) is 0 Å². The van der Waals surface area contributed by atoms with Gasteiger partial charge in [0, 0.05) is 5.56 Å². The van der Waals surface area contributed by atoms with Crippen molar-refractivity contribution in [3.05, 3.63) is 35.4 Å². The van der Waals surface area contributed by atoms with Crippen LogP contribution in [0, 0.1) is 11.3 Å². The molecule has 86 valence electrons. The second kappa shape index (κ2) is 4.12. The van der Waals surface area contributed by atoms with Crippen LogP contribution in [0.3, 0.4) is 0 Å². The molecule has 0 radical (unpaired) electrons. The van der Waals surface area contributed by atoms with Crippen molar-refractivity contribution in [2.24, 2.45) is 0 Å². The van der Waals surface area contributed by atoms with Gasteiger partial charge in [-0.1, -0.05) is 6.08 Å². The van der Waals surface area contributed by atoms with Crippen molar-refractivity contribution >= 4 is 17.8 Å². The summed E-state index contributed by atoms with van der Waals surface area (Å²) in [7, 11) is 0. The van der Waals surface area contributed by atoms with E-state index in [2.05, 4.69) is 18.2 Å². The minimum atomic E-state index is -0.0909. The van der Waals surface area contributed by atoms with E-state index in [9.17, 15) is 0 Å². The van der Waals surface area contributed by atoms with Crippen LogP contribution in [-0.2, 0) is 0 Å². The monoisotopic (exact) mass is 243 g/mol. The fourth-order valence-corrected chi connectivity index (χ4v) is 3.51. The van der Waals surface area contributed by atoms with Gasteiger partial charge in [-0.3, -0.25) is 0 Å². The fraction of sp³-hybridized carbons (Fsp3) is 0.357. The second-order valence-corrected chi connectivity index (χ2v) is 5.70. The smallest absolute Gasteiger partial charge is 0.129 e. The largest absolute Gasteiger partial charge is 0.483 e. The molecule has 0 bridgehead atoms. The van der Waals surface area contributed by atoms with Crippen LogP contribution in [0.2, 0.25) is 0 Å². The van der Waals surface area contributed by atoms with E-state index in [1.165, 1.54) is 0 Å². The summed E-state index contributed by atoms with van der Waals surface area (Å²) in [5.41, 5.74) is 1.62. The van der Waals surface area contributed by atoms with Crippen molar-refractivity contribution in [2.45, 2.75) is 18.4 Å². The topological polar surface area (TPSA) is 33.0 Å². The van der Waals surface area contributed by atoms with E-state index in [4.69, 9.17) is 10.00 Å². The average Bonchev–Trinajstić information content (AvgIpc) is 2.39. The first-order chi connectivity index (χ1) is 8.31. The Labute approximate surface area is 105 Å². The molecule has 0 unspecified atom stereocenters. The van der Waals surface area contributed by atoms with Crippen molar-refractivity contribution in [1.29, 1.82) is 5.26 Å². The van der Waals surface area contributed by atoms with Gasteiger partial charge in [0.25, 0.3) is 0 Å². The Bertz CT molecular complexity index is 509.